The molecule has 1 fully saturated rings. The predicted octanol–water partition coefficient (Wildman–Crippen LogP) is 1.59. The molecule has 3 aromatic rings. The molecule has 0 saturated carbocycles. The maximum absolute atomic E-state index is 4.78. The van der Waals surface area contributed by atoms with E-state index in [1.807, 2.05) is 20.9 Å². The molecule has 0 amide bonds. The van der Waals surface area contributed by atoms with Gasteiger partial charge in [0.2, 0.25) is 11.3 Å². The minimum Gasteiger partial charge on any atom is -0.353 e. The molecule has 9 nitrogen and oxygen atoms in total. The molecule has 1 aliphatic rings. The monoisotopic (exact) mass is 328 g/mol. The van der Waals surface area contributed by atoms with E-state index in [4.69, 9.17) is 4.63 Å². The van der Waals surface area contributed by atoms with Crippen molar-refractivity contribution in [2.45, 2.75) is 33.2 Å². The average molecular weight is 328 g/mol. The lowest BCUT2D eigenvalue weighted by atomic mass is 10.2. The van der Waals surface area contributed by atoms with Crippen molar-refractivity contribution in [1.29, 1.82) is 0 Å². The Morgan fingerprint density at radius 1 is 1.12 bits per heavy atom. The minimum atomic E-state index is 0.431. The summed E-state index contributed by atoms with van der Waals surface area (Å²) in [6, 6.07) is 0. The van der Waals surface area contributed by atoms with Crippen molar-refractivity contribution in [1.82, 2.24) is 30.5 Å². The van der Waals surface area contributed by atoms with Gasteiger partial charge in [0, 0.05) is 37.9 Å². The Balaban J connectivity index is 1.74. The third kappa shape index (κ3) is 2.45. The van der Waals surface area contributed by atoms with Crippen molar-refractivity contribution >= 4 is 22.9 Å². The van der Waals surface area contributed by atoms with E-state index in [0.717, 1.165) is 36.1 Å². The molecule has 1 saturated heterocycles. The first-order valence-electron chi connectivity index (χ1n) is 8.10. The van der Waals surface area contributed by atoms with Gasteiger partial charge >= 0.3 is 0 Å². The number of hydrogen-bond acceptors (Lipinski definition) is 8. The second-order valence-corrected chi connectivity index (χ2v) is 6.25. The molecule has 24 heavy (non-hydrogen) atoms. The van der Waals surface area contributed by atoms with Crippen LogP contribution in [0.25, 0.3) is 11.3 Å². The first-order chi connectivity index (χ1) is 11.6. The van der Waals surface area contributed by atoms with Crippen LogP contribution in [-0.2, 0) is 6.54 Å². The van der Waals surface area contributed by atoms with Gasteiger partial charge in [-0.2, -0.15) is 5.10 Å². The molecule has 0 spiro atoms. The molecule has 1 aliphatic heterocycles. The zero-order valence-corrected chi connectivity index (χ0v) is 14.1. The van der Waals surface area contributed by atoms with Gasteiger partial charge in [-0.1, -0.05) is 0 Å². The lowest BCUT2D eigenvalue weighted by molar-refractivity contribution is 0.314. The highest BCUT2D eigenvalue weighted by atomic mass is 16.6. The molecule has 4 rings (SSSR count). The third-order valence-electron chi connectivity index (χ3n) is 4.52. The summed E-state index contributed by atoms with van der Waals surface area (Å²) in [7, 11) is 2.01. The van der Waals surface area contributed by atoms with Crippen LogP contribution >= 0.6 is 0 Å². The van der Waals surface area contributed by atoms with E-state index < -0.39 is 0 Å². The van der Waals surface area contributed by atoms with E-state index in [2.05, 4.69) is 40.3 Å². The third-order valence-corrected chi connectivity index (χ3v) is 4.52. The number of nitrogens with one attached hydrogen (secondary N) is 1. The Labute approximate surface area is 139 Å². The van der Waals surface area contributed by atoms with Gasteiger partial charge in [-0.05, 0) is 37.0 Å². The highest BCUT2D eigenvalue weighted by Crippen LogP contribution is 2.30. The lowest BCUT2D eigenvalue weighted by Crippen LogP contribution is -2.26. The summed E-state index contributed by atoms with van der Waals surface area (Å²) in [6.45, 7) is 6.69. The fourth-order valence-corrected chi connectivity index (χ4v) is 3.14. The van der Waals surface area contributed by atoms with Crippen LogP contribution in [0.2, 0.25) is 0 Å². The van der Waals surface area contributed by atoms with Crippen LogP contribution in [-0.4, -0.2) is 50.6 Å². The molecule has 0 atom stereocenters. The summed E-state index contributed by atoms with van der Waals surface area (Å²) >= 11 is 0. The number of anilines is 2. The van der Waals surface area contributed by atoms with Crippen LogP contribution in [0.5, 0.6) is 0 Å². The van der Waals surface area contributed by atoms with Gasteiger partial charge in [-0.15, -0.1) is 0 Å². The number of H-pyrrole nitrogens is 1. The molecule has 1 N–H and O–H groups in total. The molecule has 3 aromatic heterocycles. The van der Waals surface area contributed by atoms with Gasteiger partial charge < -0.3 is 9.80 Å². The molecule has 0 unspecified atom stereocenters. The molecule has 0 aromatic carbocycles. The van der Waals surface area contributed by atoms with Crippen molar-refractivity contribution in [3.63, 3.8) is 0 Å². The van der Waals surface area contributed by atoms with E-state index in [1.165, 1.54) is 18.4 Å². The van der Waals surface area contributed by atoms with Gasteiger partial charge in [-0.3, -0.25) is 5.10 Å². The zero-order chi connectivity index (χ0) is 16.7. The van der Waals surface area contributed by atoms with Crippen LogP contribution in [0.4, 0.5) is 11.6 Å². The first kappa shape index (κ1) is 14.9. The Kier molecular flexibility index (Phi) is 3.55. The van der Waals surface area contributed by atoms with Crippen molar-refractivity contribution < 1.29 is 4.63 Å². The van der Waals surface area contributed by atoms with E-state index in [0.29, 0.717) is 17.8 Å². The van der Waals surface area contributed by atoms with Crippen molar-refractivity contribution in [2.75, 3.05) is 29.9 Å². The Morgan fingerprint density at radius 3 is 2.50 bits per heavy atom. The molecule has 9 heteroatoms. The average Bonchev–Trinajstić information content (AvgIpc) is 3.30. The maximum atomic E-state index is 4.78. The number of aryl methyl sites for hydroxylation is 2. The fraction of sp³-hybridized carbons (Fsp3) is 0.533. The summed E-state index contributed by atoms with van der Waals surface area (Å²) in [5, 5.41) is 15.0. The highest BCUT2D eigenvalue weighted by Gasteiger charge is 2.24. The molecule has 0 aliphatic carbocycles. The Bertz CT molecular complexity index is 844. The van der Waals surface area contributed by atoms with E-state index in [-0.39, 0.29) is 0 Å². The summed E-state index contributed by atoms with van der Waals surface area (Å²) in [4.78, 5) is 13.6. The zero-order valence-electron chi connectivity index (χ0n) is 14.1. The summed E-state index contributed by atoms with van der Waals surface area (Å²) in [6.07, 6.45) is 2.33. The number of nitrogens with zero attached hydrogens (tertiary/aromatic N) is 7. The maximum Gasteiger partial charge on any atom is 0.245 e. The second kappa shape index (κ2) is 5.73. The smallest absolute Gasteiger partial charge is 0.245 e. The standard InChI is InChI=1S/C15H20N8O/c1-9-11(10(2)19-18-9)8-22(3)14-15(23-6-4-5-7-23)17-13-12(16-14)20-24-21-13/h4-8H2,1-3H3,(H,18,19). The number of fused-ring (bicyclic) bond motifs is 1. The fourth-order valence-electron chi connectivity index (χ4n) is 3.14. The van der Waals surface area contributed by atoms with Gasteiger partial charge in [-0.25, -0.2) is 14.6 Å². The molecule has 0 bridgehead atoms. The van der Waals surface area contributed by atoms with Gasteiger partial charge in [0.05, 0.1) is 5.69 Å². The van der Waals surface area contributed by atoms with Crippen LogP contribution in [0, 0.1) is 13.8 Å². The van der Waals surface area contributed by atoms with Crippen LogP contribution < -0.4 is 9.80 Å². The highest BCUT2D eigenvalue weighted by molar-refractivity contribution is 5.74. The van der Waals surface area contributed by atoms with Crippen LogP contribution in [0.15, 0.2) is 4.63 Å². The van der Waals surface area contributed by atoms with E-state index in [1.54, 1.807) is 0 Å². The minimum absolute atomic E-state index is 0.431. The van der Waals surface area contributed by atoms with Gasteiger partial charge in [0.25, 0.3) is 0 Å². The quantitative estimate of drug-likeness (QED) is 0.770. The molecular formula is C15H20N8O. The number of aromatic nitrogens is 6. The number of hydrogen-bond donors (Lipinski definition) is 1. The Morgan fingerprint density at radius 2 is 1.83 bits per heavy atom. The molecular weight excluding hydrogens is 308 g/mol. The summed E-state index contributed by atoms with van der Waals surface area (Å²) < 4.78 is 4.78. The molecule has 4 heterocycles. The second-order valence-electron chi connectivity index (χ2n) is 6.25. The van der Waals surface area contributed by atoms with Crippen molar-refractivity contribution in [3.05, 3.63) is 17.0 Å². The topological polar surface area (TPSA) is 99.9 Å². The van der Waals surface area contributed by atoms with Gasteiger partial charge in [0.15, 0.2) is 11.6 Å². The summed E-state index contributed by atoms with van der Waals surface area (Å²) in [5.41, 5.74) is 4.12. The van der Waals surface area contributed by atoms with Crippen LogP contribution in [0.3, 0.4) is 0 Å². The number of aromatic amines is 1. The Hall–Kier alpha value is -2.71. The molecule has 0 radical (unpaired) electrons. The van der Waals surface area contributed by atoms with Crippen molar-refractivity contribution in [2.24, 2.45) is 0 Å². The van der Waals surface area contributed by atoms with Crippen molar-refractivity contribution in [3.8, 4) is 0 Å². The normalized spacial score (nSPS) is 14.7. The van der Waals surface area contributed by atoms with E-state index >= 15 is 0 Å². The predicted molar refractivity (Wildman–Crippen MR) is 89.0 cm³/mol. The number of rotatable bonds is 4. The molecule has 126 valence electrons. The van der Waals surface area contributed by atoms with Crippen LogP contribution in [0.1, 0.15) is 29.8 Å². The largest absolute Gasteiger partial charge is 0.353 e. The first-order valence-corrected chi connectivity index (χ1v) is 8.10. The SMILES string of the molecule is Cc1n[nH]c(C)c1CN(C)c1nc2nonc2nc1N1CCCC1. The lowest BCUT2D eigenvalue weighted by Gasteiger charge is -2.25. The summed E-state index contributed by atoms with van der Waals surface area (Å²) in [5.74, 6) is 1.64. The van der Waals surface area contributed by atoms with E-state index in [9.17, 15) is 0 Å². The van der Waals surface area contributed by atoms with Gasteiger partial charge in [0.1, 0.15) is 0 Å².